The summed E-state index contributed by atoms with van der Waals surface area (Å²) < 4.78 is 38.2. The van der Waals surface area contributed by atoms with Crippen molar-refractivity contribution in [3.63, 3.8) is 0 Å². The average Bonchev–Trinajstić information content (AvgIpc) is 2.30. The van der Waals surface area contributed by atoms with Gasteiger partial charge in [0.15, 0.2) is 5.25 Å². The number of hydrogen-bond donors (Lipinski definition) is 2. The van der Waals surface area contributed by atoms with E-state index >= 15 is 0 Å². The van der Waals surface area contributed by atoms with E-state index in [0.717, 1.165) is 25.1 Å². The van der Waals surface area contributed by atoms with Crippen LogP contribution in [0, 0.1) is 17.1 Å². The lowest BCUT2D eigenvalue weighted by Gasteiger charge is -2.10. The smallest absolute Gasteiger partial charge is 0.335 e. The molecule has 1 rings (SSSR count). The summed E-state index contributed by atoms with van der Waals surface area (Å²) in [6, 6.07) is 4.17. The Labute approximate surface area is 103 Å². The minimum atomic E-state index is -4.07. The molecular formula is C10H9FN2O4S. The Hall–Kier alpha value is -2.14. The van der Waals surface area contributed by atoms with Gasteiger partial charge in [-0.3, -0.25) is 4.72 Å². The zero-order valence-electron chi connectivity index (χ0n) is 9.21. The zero-order chi connectivity index (χ0) is 13.9. The molecule has 0 aliphatic rings. The van der Waals surface area contributed by atoms with Crippen molar-refractivity contribution in [3.05, 3.63) is 29.6 Å². The highest BCUT2D eigenvalue weighted by molar-refractivity contribution is 7.93. The predicted molar refractivity (Wildman–Crippen MR) is 61.0 cm³/mol. The Morgan fingerprint density at radius 2 is 2.17 bits per heavy atom. The third kappa shape index (κ3) is 2.95. The molecule has 0 amide bonds. The van der Waals surface area contributed by atoms with E-state index in [1.165, 1.54) is 6.07 Å². The van der Waals surface area contributed by atoms with Crippen molar-refractivity contribution in [2.75, 3.05) is 4.72 Å². The van der Waals surface area contributed by atoms with Crippen LogP contribution in [0.25, 0.3) is 0 Å². The van der Waals surface area contributed by atoms with Gasteiger partial charge in [0, 0.05) is 0 Å². The first-order valence-electron chi connectivity index (χ1n) is 4.72. The van der Waals surface area contributed by atoms with Gasteiger partial charge in [-0.15, -0.1) is 0 Å². The molecule has 0 aliphatic heterocycles. The number of carbonyl (C=O) groups is 1. The topological polar surface area (TPSA) is 107 Å². The van der Waals surface area contributed by atoms with Gasteiger partial charge < -0.3 is 5.11 Å². The van der Waals surface area contributed by atoms with Crippen molar-refractivity contribution in [2.24, 2.45) is 0 Å². The molecule has 1 aromatic carbocycles. The molecule has 1 unspecified atom stereocenters. The quantitative estimate of drug-likeness (QED) is 0.855. The number of carboxylic acids is 1. The number of hydrogen-bond acceptors (Lipinski definition) is 4. The van der Waals surface area contributed by atoms with Crippen LogP contribution in [0.1, 0.15) is 17.3 Å². The normalized spacial score (nSPS) is 12.5. The van der Waals surface area contributed by atoms with E-state index in [1.807, 2.05) is 4.72 Å². The van der Waals surface area contributed by atoms with Crippen molar-refractivity contribution >= 4 is 21.7 Å². The van der Waals surface area contributed by atoms with E-state index in [0.29, 0.717) is 0 Å². The van der Waals surface area contributed by atoms with E-state index < -0.39 is 32.7 Å². The lowest BCUT2D eigenvalue weighted by atomic mass is 10.2. The monoisotopic (exact) mass is 272 g/mol. The second kappa shape index (κ2) is 5.01. The Morgan fingerprint density at radius 3 is 2.67 bits per heavy atom. The van der Waals surface area contributed by atoms with Crippen LogP contribution in [-0.2, 0) is 10.0 Å². The molecule has 0 aliphatic carbocycles. The van der Waals surface area contributed by atoms with Gasteiger partial charge in [-0.2, -0.15) is 5.26 Å². The fourth-order valence-corrected chi connectivity index (χ4v) is 1.83. The molecular weight excluding hydrogens is 263 g/mol. The first-order chi connectivity index (χ1) is 8.27. The van der Waals surface area contributed by atoms with Crippen LogP contribution in [0.3, 0.4) is 0 Å². The van der Waals surface area contributed by atoms with Gasteiger partial charge in [0.25, 0.3) is 0 Å². The third-order valence-corrected chi connectivity index (χ3v) is 3.65. The number of nitriles is 1. The zero-order valence-corrected chi connectivity index (χ0v) is 10.0. The highest BCUT2D eigenvalue weighted by atomic mass is 32.2. The average molecular weight is 272 g/mol. The van der Waals surface area contributed by atoms with Gasteiger partial charge in [0.1, 0.15) is 5.82 Å². The van der Waals surface area contributed by atoms with Crippen LogP contribution in [0.2, 0.25) is 0 Å². The molecule has 2 N–H and O–H groups in total. The third-order valence-electron chi connectivity index (χ3n) is 2.11. The van der Waals surface area contributed by atoms with Crippen LogP contribution in [0.4, 0.5) is 10.1 Å². The minimum absolute atomic E-state index is 0.265. The molecule has 0 spiro atoms. The molecule has 1 aromatic rings. The van der Waals surface area contributed by atoms with E-state index in [2.05, 4.69) is 0 Å². The molecule has 0 bridgehead atoms. The summed E-state index contributed by atoms with van der Waals surface area (Å²) >= 11 is 0. The maximum atomic E-state index is 13.3. The number of benzene rings is 1. The van der Waals surface area contributed by atoms with Gasteiger partial charge in [0.2, 0.25) is 10.0 Å². The lowest BCUT2D eigenvalue weighted by Crippen LogP contribution is -2.24. The van der Waals surface area contributed by atoms with Gasteiger partial charge >= 0.3 is 5.97 Å². The Bertz CT molecular complexity index is 621. The molecule has 1 atom stereocenters. The maximum Gasteiger partial charge on any atom is 0.335 e. The van der Waals surface area contributed by atoms with Crippen molar-refractivity contribution in [3.8, 4) is 6.07 Å². The summed E-state index contributed by atoms with van der Waals surface area (Å²) in [5.41, 5.74) is -0.768. The van der Waals surface area contributed by atoms with Crippen LogP contribution in [0.15, 0.2) is 18.2 Å². The van der Waals surface area contributed by atoms with Crippen molar-refractivity contribution in [1.82, 2.24) is 0 Å². The summed E-state index contributed by atoms with van der Waals surface area (Å²) in [6.07, 6.45) is 0. The number of nitrogens with one attached hydrogen (secondary N) is 1. The second-order valence-corrected chi connectivity index (χ2v) is 5.42. The maximum absolute atomic E-state index is 13.3. The van der Waals surface area contributed by atoms with E-state index in [4.69, 9.17) is 10.4 Å². The van der Waals surface area contributed by atoms with E-state index in [1.54, 1.807) is 0 Å². The Morgan fingerprint density at radius 1 is 1.56 bits per heavy atom. The number of sulfonamides is 1. The molecule has 8 heteroatoms. The van der Waals surface area contributed by atoms with Crippen molar-refractivity contribution in [2.45, 2.75) is 12.2 Å². The largest absolute Gasteiger partial charge is 0.478 e. The van der Waals surface area contributed by atoms with Gasteiger partial charge in [-0.1, -0.05) is 0 Å². The van der Waals surface area contributed by atoms with Crippen molar-refractivity contribution < 1.29 is 22.7 Å². The highest BCUT2D eigenvalue weighted by Crippen LogP contribution is 2.18. The SMILES string of the molecule is CC(C#N)S(=O)(=O)Nc1cc(C(=O)O)ccc1F. The summed E-state index contributed by atoms with van der Waals surface area (Å²) in [5.74, 6) is -2.24. The van der Waals surface area contributed by atoms with E-state index in [9.17, 15) is 17.6 Å². The standard InChI is InChI=1S/C10H9FN2O4S/c1-6(5-12)18(16,17)13-9-4-7(10(14)15)2-3-8(9)11/h2-4,6,13H,1H3,(H,14,15). The molecule has 0 heterocycles. The summed E-state index contributed by atoms with van der Waals surface area (Å²) in [4.78, 5) is 10.7. The van der Waals surface area contributed by atoms with E-state index in [-0.39, 0.29) is 5.56 Å². The number of aromatic carboxylic acids is 1. The molecule has 18 heavy (non-hydrogen) atoms. The summed E-state index contributed by atoms with van der Waals surface area (Å²) in [7, 11) is -4.07. The summed E-state index contributed by atoms with van der Waals surface area (Å²) in [6.45, 7) is 1.13. The molecule has 0 fully saturated rings. The van der Waals surface area contributed by atoms with Crippen LogP contribution < -0.4 is 4.72 Å². The number of rotatable bonds is 4. The summed E-state index contributed by atoms with van der Waals surface area (Å²) in [5, 5.41) is 15.8. The molecule has 0 saturated carbocycles. The molecule has 6 nitrogen and oxygen atoms in total. The lowest BCUT2D eigenvalue weighted by molar-refractivity contribution is 0.0697. The molecule has 0 radical (unpaired) electrons. The Kier molecular flexibility index (Phi) is 3.88. The number of halogens is 1. The number of carboxylic acid groups (broad SMARTS) is 1. The molecule has 0 aromatic heterocycles. The second-order valence-electron chi connectivity index (χ2n) is 3.42. The fourth-order valence-electron chi connectivity index (χ4n) is 1.05. The van der Waals surface area contributed by atoms with Gasteiger partial charge in [-0.25, -0.2) is 17.6 Å². The van der Waals surface area contributed by atoms with Crippen LogP contribution in [0.5, 0.6) is 0 Å². The molecule has 0 saturated heterocycles. The predicted octanol–water partition coefficient (Wildman–Crippen LogP) is 1.18. The molecule has 96 valence electrons. The highest BCUT2D eigenvalue weighted by Gasteiger charge is 2.22. The first kappa shape index (κ1) is 13.9. The van der Waals surface area contributed by atoms with Gasteiger partial charge in [0.05, 0.1) is 17.3 Å². The Balaban J connectivity index is 3.16. The van der Waals surface area contributed by atoms with Crippen LogP contribution in [-0.4, -0.2) is 24.7 Å². The van der Waals surface area contributed by atoms with Gasteiger partial charge in [-0.05, 0) is 25.1 Å². The fraction of sp³-hybridized carbons (Fsp3) is 0.200. The number of nitrogens with zero attached hydrogens (tertiary/aromatic N) is 1. The number of anilines is 1. The minimum Gasteiger partial charge on any atom is -0.478 e. The van der Waals surface area contributed by atoms with Crippen LogP contribution >= 0.6 is 0 Å². The van der Waals surface area contributed by atoms with Crippen molar-refractivity contribution in [1.29, 1.82) is 5.26 Å². The first-order valence-corrected chi connectivity index (χ1v) is 6.26.